The number of carbonyl (C=O) groups is 1. The van der Waals surface area contributed by atoms with E-state index in [1.807, 2.05) is 0 Å². The Hall–Kier alpha value is -1.86. The molecule has 21 heavy (non-hydrogen) atoms. The van der Waals surface area contributed by atoms with E-state index in [-0.39, 0.29) is 18.9 Å². The van der Waals surface area contributed by atoms with E-state index in [1.165, 1.54) is 4.90 Å². The summed E-state index contributed by atoms with van der Waals surface area (Å²) in [5.74, 6) is -10.4. The molecule has 0 radical (unpaired) electrons. The van der Waals surface area contributed by atoms with Crippen LogP contribution in [0.3, 0.4) is 0 Å². The molecule has 1 aromatic carbocycles. The van der Waals surface area contributed by atoms with Gasteiger partial charge in [0.2, 0.25) is 11.7 Å². The topological polar surface area (TPSA) is 32.3 Å². The van der Waals surface area contributed by atoms with Crippen molar-refractivity contribution in [2.24, 2.45) is 0 Å². The first-order valence-corrected chi connectivity index (χ1v) is 6.38. The van der Waals surface area contributed by atoms with Crippen molar-refractivity contribution >= 4 is 11.6 Å². The van der Waals surface area contributed by atoms with Crippen molar-refractivity contribution in [3.63, 3.8) is 0 Å². The molecule has 3 nitrogen and oxygen atoms in total. The number of amides is 1. The molecule has 0 aliphatic rings. The molecule has 0 aliphatic carbocycles. The number of nitrogens with zero attached hydrogens (tertiary/aromatic N) is 1. The van der Waals surface area contributed by atoms with Crippen LogP contribution in [-0.4, -0.2) is 30.4 Å². The summed E-state index contributed by atoms with van der Waals surface area (Å²) in [6.07, 6.45) is -0.124. The molecular weight excluding hydrogens is 295 g/mol. The maximum atomic E-state index is 13.3. The van der Waals surface area contributed by atoms with Crippen molar-refractivity contribution in [2.75, 3.05) is 25.0 Å². The molecule has 0 aliphatic heterocycles. The molecule has 1 aromatic rings. The average Bonchev–Trinajstić information content (AvgIpc) is 2.48. The molecule has 1 N–H and O–H groups in total. The van der Waals surface area contributed by atoms with Gasteiger partial charge in [0.1, 0.15) is 5.69 Å². The van der Waals surface area contributed by atoms with Gasteiger partial charge in [-0.15, -0.1) is 0 Å². The van der Waals surface area contributed by atoms with E-state index in [0.29, 0.717) is 13.1 Å². The highest BCUT2D eigenvalue weighted by atomic mass is 19.2. The molecule has 0 unspecified atom stereocenters. The number of carbonyl (C=O) groups excluding carboxylic acids is 1. The van der Waals surface area contributed by atoms with Crippen LogP contribution < -0.4 is 5.32 Å². The Morgan fingerprint density at radius 2 is 1.33 bits per heavy atom. The van der Waals surface area contributed by atoms with E-state index >= 15 is 0 Å². The van der Waals surface area contributed by atoms with E-state index in [0.717, 1.165) is 0 Å². The van der Waals surface area contributed by atoms with Crippen LogP contribution in [0.4, 0.5) is 27.6 Å². The van der Waals surface area contributed by atoms with Crippen LogP contribution in [0.15, 0.2) is 0 Å². The smallest absolute Gasteiger partial charge is 0.224 e. The highest BCUT2D eigenvalue weighted by Crippen LogP contribution is 2.26. The fourth-order valence-electron chi connectivity index (χ4n) is 1.79. The minimum absolute atomic E-state index is 0.124. The van der Waals surface area contributed by atoms with Crippen LogP contribution in [0, 0.1) is 29.1 Å². The van der Waals surface area contributed by atoms with Gasteiger partial charge >= 0.3 is 0 Å². The zero-order valence-corrected chi connectivity index (χ0v) is 11.6. The normalized spacial score (nSPS) is 10.6. The summed E-state index contributed by atoms with van der Waals surface area (Å²) in [7, 11) is 0. The lowest BCUT2D eigenvalue weighted by molar-refractivity contribution is -0.130. The quantitative estimate of drug-likeness (QED) is 0.497. The lowest BCUT2D eigenvalue weighted by atomic mass is 10.2. The van der Waals surface area contributed by atoms with Crippen LogP contribution in [0.2, 0.25) is 0 Å². The molecule has 8 heteroatoms. The molecule has 0 aromatic heterocycles. The van der Waals surface area contributed by atoms with Crippen molar-refractivity contribution in [1.82, 2.24) is 4.90 Å². The maximum Gasteiger partial charge on any atom is 0.224 e. The molecular formula is C13H15F5N2O. The molecule has 118 valence electrons. The van der Waals surface area contributed by atoms with E-state index in [2.05, 4.69) is 5.32 Å². The summed E-state index contributed by atoms with van der Waals surface area (Å²) in [5.41, 5.74) is -1.13. The number of halogens is 5. The van der Waals surface area contributed by atoms with Gasteiger partial charge in [0.25, 0.3) is 0 Å². The molecule has 0 spiro atoms. The number of hydrogen-bond acceptors (Lipinski definition) is 2. The molecule has 0 atom stereocenters. The standard InChI is InChI=1S/C13H15F5N2O/c1-3-20(4-2)7(21)5-6-19-13-11(17)9(15)8(14)10(16)12(13)18/h19H,3-6H2,1-2H3. The first kappa shape index (κ1) is 17.2. The second kappa shape index (κ2) is 7.24. The number of nitrogens with one attached hydrogen (secondary N) is 1. The third-order valence-corrected chi connectivity index (χ3v) is 2.97. The van der Waals surface area contributed by atoms with Crippen LogP contribution in [-0.2, 0) is 4.79 Å². The van der Waals surface area contributed by atoms with Crippen molar-refractivity contribution in [3.05, 3.63) is 29.1 Å². The van der Waals surface area contributed by atoms with Gasteiger partial charge in [-0.25, -0.2) is 22.0 Å². The molecule has 0 saturated heterocycles. The van der Waals surface area contributed by atoms with Crippen molar-refractivity contribution in [1.29, 1.82) is 0 Å². The van der Waals surface area contributed by atoms with E-state index in [4.69, 9.17) is 0 Å². The number of anilines is 1. The van der Waals surface area contributed by atoms with Crippen molar-refractivity contribution < 1.29 is 26.7 Å². The fourth-order valence-corrected chi connectivity index (χ4v) is 1.79. The zero-order chi connectivity index (χ0) is 16.2. The Kier molecular flexibility index (Phi) is 5.92. The highest BCUT2D eigenvalue weighted by molar-refractivity contribution is 5.76. The third-order valence-electron chi connectivity index (χ3n) is 2.97. The van der Waals surface area contributed by atoms with Gasteiger partial charge in [-0.05, 0) is 13.8 Å². The Balaban J connectivity index is 2.80. The Morgan fingerprint density at radius 1 is 0.905 bits per heavy atom. The average molecular weight is 310 g/mol. The monoisotopic (exact) mass is 310 g/mol. The summed E-state index contributed by atoms with van der Waals surface area (Å²) in [6, 6.07) is 0. The fraction of sp³-hybridized carbons (Fsp3) is 0.462. The minimum Gasteiger partial charge on any atom is -0.380 e. The van der Waals surface area contributed by atoms with Crippen LogP contribution >= 0.6 is 0 Å². The van der Waals surface area contributed by atoms with Gasteiger partial charge in [0, 0.05) is 26.1 Å². The summed E-state index contributed by atoms with van der Waals surface area (Å²) in [6.45, 7) is 4.22. The SMILES string of the molecule is CCN(CC)C(=O)CCNc1c(F)c(F)c(F)c(F)c1F. The Bertz CT molecular complexity index is 503. The van der Waals surface area contributed by atoms with Gasteiger partial charge in [-0.2, -0.15) is 0 Å². The molecule has 0 fully saturated rings. The second-order valence-corrected chi connectivity index (χ2v) is 4.19. The number of rotatable bonds is 6. The van der Waals surface area contributed by atoms with E-state index < -0.39 is 34.8 Å². The first-order valence-electron chi connectivity index (χ1n) is 6.38. The number of benzene rings is 1. The second-order valence-electron chi connectivity index (χ2n) is 4.19. The predicted octanol–water partition coefficient (Wildman–Crippen LogP) is 3.05. The third kappa shape index (κ3) is 3.62. The highest BCUT2D eigenvalue weighted by Gasteiger charge is 2.25. The van der Waals surface area contributed by atoms with Gasteiger partial charge in [0.15, 0.2) is 23.3 Å². The van der Waals surface area contributed by atoms with E-state index in [9.17, 15) is 26.7 Å². The lowest BCUT2D eigenvalue weighted by Gasteiger charge is -2.19. The first-order chi connectivity index (χ1) is 9.84. The largest absolute Gasteiger partial charge is 0.380 e. The zero-order valence-electron chi connectivity index (χ0n) is 11.6. The lowest BCUT2D eigenvalue weighted by Crippen LogP contribution is -2.31. The molecule has 1 amide bonds. The van der Waals surface area contributed by atoms with Crippen molar-refractivity contribution in [2.45, 2.75) is 20.3 Å². The maximum absolute atomic E-state index is 13.3. The summed E-state index contributed by atoms with van der Waals surface area (Å²) in [4.78, 5) is 13.1. The van der Waals surface area contributed by atoms with Gasteiger partial charge in [-0.3, -0.25) is 4.79 Å². The molecule has 1 rings (SSSR count). The minimum atomic E-state index is -2.21. The van der Waals surface area contributed by atoms with Gasteiger partial charge in [-0.1, -0.05) is 0 Å². The summed E-state index contributed by atoms with van der Waals surface area (Å²) < 4.78 is 65.4. The van der Waals surface area contributed by atoms with Gasteiger partial charge < -0.3 is 10.2 Å². The van der Waals surface area contributed by atoms with Gasteiger partial charge in [0.05, 0.1) is 0 Å². The van der Waals surface area contributed by atoms with Crippen molar-refractivity contribution in [3.8, 4) is 0 Å². The summed E-state index contributed by atoms with van der Waals surface area (Å²) >= 11 is 0. The van der Waals surface area contributed by atoms with Crippen LogP contribution in [0.25, 0.3) is 0 Å². The molecule has 0 bridgehead atoms. The number of hydrogen-bond donors (Lipinski definition) is 1. The molecule has 0 heterocycles. The predicted molar refractivity (Wildman–Crippen MR) is 67.3 cm³/mol. The van der Waals surface area contributed by atoms with E-state index in [1.54, 1.807) is 13.8 Å². The molecule has 0 saturated carbocycles. The van der Waals surface area contributed by atoms with Crippen LogP contribution in [0.1, 0.15) is 20.3 Å². The Labute approximate surface area is 118 Å². The van der Waals surface area contributed by atoms with Crippen LogP contribution in [0.5, 0.6) is 0 Å². The summed E-state index contributed by atoms with van der Waals surface area (Å²) in [5, 5.41) is 2.08. The Morgan fingerprint density at radius 3 is 1.76 bits per heavy atom.